The fourth-order valence-electron chi connectivity index (χ4n) is 2.83. The highest BCUT2D eigenvalue weighted by molar-refractivity contribution is 6.30. The van der Waals surface area contributed by atoms with E-state index in [0.717, 1.165) is 43.0 Å². The average molecular weight is 339 g/mol. The van der Waals surface area contributed by atoms with Crippen molar-refractivity contribution in [3.05, 3.63) is 64.2 Å². The number of anilines is 1. The van der Waals surface area contributed by atoms with Crippen LogP contribution in [-0.2, 0) is 4.74 Å². The van der Waals surface area contributed by atoms with Crippen molar-refractivity contribution in [1.82, 2.24) is 0 Å². The molecule has 1 aliphatic rings. The summed E-state index contributed by atoms with van der Waals surface area (Å²) in [5.74, 6) is 0. The van der Waals surface area contributed by atoms with Crippen LogP contribution in [0.2, 0.25) is 5.02 Å². The smallest absolute Gasteiger partial charge is 0.0998 e. The molecule has 0 amide bonds. The van der Waals surface area contributed by atoms with E-state index in [4.69, 9.17) is 16.3 Å². The molecule has 0 saturated carbocycles. The van der Waals surface area contributed by atoms with Crippen LogP contribution in [-0.4, -0.2) is 26.3 Å². The monoisotopic (exact) mass is 338 g/mol. The van der Waals surface area contributed by atoms with Gasteiger partial charge in [-0.1, -0.05) is 29.8 Å². The minimum atomic E-state index is 0.611. The zero-order chi connectivity index (χ0) is 16.9. The molecule has 0 aliphatic carbocycles. The highest BCUT2D eigenvalue weighted by Crippen LogP contribution is 2.25. The van der Waals surface area contributed by atoms with Crippen molar-refractivity contribution in [2.75, 3.05) is 31.2 Å². The summed E-state index contributed by atoms with van der Waals surface area (Å²) in [4.78, 5) is 2.33. The van der Waals surface area contributed by atoms with E-state index in [9.17, 15) is 5.26 Å². The number of aryl methyl sites for hydroxylation is 1. The molecule has 3 rings (SSSR count). The Morgan fingerprint density at radius 1 is 1.21 bits per heavy atom. The molecule has 1 aliphatic heterocycles. The minimum Gasteiger partial charge on any atom is -0.378 e. The van der Waals surface area contributed by atoms with Gasteiger partial charge in [0, 0.05) is 23.8 Å². The first-order valence-corrected chi connectivity index (χ1v) is 8.36. The molecule has 0 spiro atoms. The molecule has 2 aromatic rings. The first-order chi connectivity index (χ1) is 11.7. The molecule has 0 atom stereocenters. The second-order valence-electron chi connectivity index (χ2n) is 5.82. The predicted molar refractivity (Wildman–Crippen MR) is 99.1 cm³/mol. The number of nitrogens with zero attached hydrogens (tertiary/aromatic N) is 2. The predicted octanol–water partition coefficient (Wildman–Crippen LogP) is 4.55. The van der Waals surface area contributed by atoms with Gasteiger partial charge in [0.25, 0.3) is 0 Å². The van der Waals surface area contributed by atoms with Gasteiger partial charge in [0.2, 0.25) is 0 Å². The van der Waals surface area contributed by atoms with Crippen LogP contribution in [0.3, 0.4) is 0 Å². The first kappa shape index (κ1) is 16.6. The quantitative estimate of drug-likeness (QED) is 0.608. The van der Waals surface area contributed by atoms with Crippen molar-refractivity contribution in [1.29, 1.82) is 5.26 Å². The summed E-state index contributed by atoms with van der Waals surface area (Å²) in [6.07, 6.45) is 1.92. The first-order valence-electron chi connectivity index (χ1n) is 7.98. The van der Waals surface area contributed by atoms with Crippen molar-refractivity contribution >= 4 is 28.9 Å². The number of halogens is 1. The molecular weight excluding hydrogens is 320 g/mol. The van der Waals surface area contributed by atoms with Crippen LogP contribution >= 0.6 is 11.6 Å². The van der Waals surface area contributed by atoms with Gasteiger partial charge in [0.05, 0.1) is 24.9 Å². The number of allylic oxidation sites excluding steroid dienone is 1. The van der Waals surface area contributed by atoms with Crippen molar-refractivity contribution in [3.8, 4) is 6.07 Å². The van der Waals surface area contributed by atoms with Gasteiger partial charge in [0.1, 0.15) is 0 Å². The summed E-state index contributed by atoms with van der Waals surface area (Å²) >= 11 is 6.03. The van der Waals surface area contributed by atoms with E-state index in [1.54, 1.807) is 0 Å². The lowest BCUT2D eigenvalue weighted by atomic mass is 10.0. The van der Waals surface area contributed by atoms with Crippen LogP contribution in [0.15, 0.2) is 42.5 Å². The largest absolute Gasteiger partial charge is 0.378 e. The molecular formula is C20H19ClN2O. The number of hydrogen-bond acceptors (Lipinski definition) is 3. The second kappa shape index (κ2) is 7.53. The fourth-order valence-corrected chi connectivity index (χ4v) is 3.02. The van der Waals surface area contributed by atoms with Gasteiger partial charge in [-0.15, -0.1) is 0 Å². The van der Waals surface area contributed by atoms with Gasteiger partial charge in [-0.3, -0.25) is 0 Å². The maximum atomic E-state index is 9.50. The van der Waals surface area contributed by atoms with E-state index < -0.39 is 0 Å². The summed E-state index contributed by atoms with van der Waals surface area (Å²) in [7, 11) is 0. The van der Waals surface area contributed by atoms with E-state index >= 15 is 0 Å². The molecule has 1 saturated heterocycles. The van der Waals surface area contributed by atoms with Crippen LogP contribution in [0.1, 0.15) is 16.7 Å². The van der Waals surface area contributed by atoms with Gasteiger partial charge < -0.3 is 9.64 Å². The van der Waals surface area contributed by atoms with Crippen LogP contribution in [0, 0.1) is 18.3 Å². The number of hydrogen-bond donors (Lipinski definition) is 0. The summed E-state index contributed by atoms with van der Waals surface area (Å²) in [6, 6.07) is 16.0. The van der Waals surface area contributed by atoms with Gasteiger partial charge in [-0.2, -0.15) is 5.26 Å². The molecule has 0 bridgehead atoms. The number of nitriles is 1. The second-order valence-corrected chi connectivity index (χ2v) is 6.26. The van der Waals surface area contributed by atoms with Gasteiger partial charge in [0.15, 0.2) is 0 Å². The van der Waals surface area contributed by atoms with E-state index in [2.05, 4.69) is 36.1 Å². The molecule has 2 aromatic carbocycles. The molecule has 0 unspecified atom stereocenters. The Labute approximate surface area is 147 Å². The third-order valence-corrected chi connectivity index (χ3v) is 4.42. The standard InChI is InChI=1S/C20H19ClN2O/c1-15-11-20(23-7-9-24-10-8-23)6-5-16(15)12-18(14-22)17-3-2-4-19(21)13-17/h2-6,11-13H,7-10H2,1H3/b18-12-. The summed E-state index contributed by atoms with van der Waals surface area (Å²) in [5.41, 5.74) is 4.84. The zero-order valence-corrected chi connectivity index (χ0v) is 14.4. The van der Waals surface area contributed by atoms with Crippen molar-refractivity contribution < 1.29 is 4.74 Å². The fraction of sp³-hybridized carbons (Fsp3) is 0.250. The maximum absolute atomic E-state index is 9.50. The minimum absolute atomic E-state index is 0.611. The third-order valence-electron chi connectivity index (χ3n) is 4.19. The Kier molecular flexibility index (Phi) is 5.20. The lowest BCUT2D eigenvalue weighted by Crippen LogP contribution is -2.36. The van der Waals surface area contributed by atoms with Gasteiger partial charge in [-0.25, -0.2) is 0 Å². The van der Waals surface area contributed by atoms with Gasteiger partial charge >= 0.3 is 0 Å². The SMILES string of the molecule is Cc1cc(N2CCOCC2)ccc1/C=C(/C#N)c1cccc(Cl)c1. The molecule has 0 aromatic heterocycles. The molecule has 24 heavy (non-hydrogen) atoms. The third kappa shape index (κ3) is 3.79. The number of rotatable bonds is 3. The van der Waals surface area contributed by atoms with Crippen LogP contribution in [0.4, 0.5) is 5.69 Å². The van der Waals surface area contributed by atoms with Crippen molar-refractivity contribution in [2.24, 2.45) is 0 Å². The Hall–Kier alpha value is -2.28. The van der Waals surface area contributed by atoms with Crippen LogP contribution < -0.4 is 4.90 Å². The topological polar surface area (TPSA) is 36.3 Å². The van der Waals surface area contributed by atoms with E-state index in [1.165, 1.54) is 5.69 Å². The van der Waals surface area contributed by atoms with Crippen molar-refractivity contribution in [3.63, 3.8) is 0 Å². The van der Waals surface area contributed by atoms with Crippen molar-refractivity contribution in [2.45, 2.75) is 6.92 Å². The zero-order valence-electron chi connectivity index (χ0n) is 13.6. The Balaban J connectivity index is 1.90. The van der Waals surface area contributed by atoms with Crippen LogP contribution in [0.5, 0.6) is 0 Å². The summed E-state index contributed by atoms with van der Waals surface area (Å²) in [6.45, 7) is 5.45. The summed E-state index contributed by atoms with van der Waals surface area (Å²) in [5, 5.41) is 10.1. The lowest BCUT2D eigenvalue weighted by molar-refractivity contribution is 0.122. The molecule has 1 fully saturated rings. The highest BCUT2D eigenvalue weighted by atomic mass is 35.5. The molecule has 1 heterocycles. The average Bonchev–Trinajstić information content (AvgIpc) is 2.61. The molecule has 0 N–H and O–H groups in total. The molecule has 4 heteroatoms. The van der Waals surface area contributed by atoms with E-state index in [0.29, 0.717) is 10.6 Å². The molecule has 3 nitrogen and oxygen atoms in total. The number of ether oxygens (including phenoxy) is 1. The normalized spacial score (nSPS) is 15.2. The maximum Gasteiger partial charge on any atom is 0.0998 e. The molecule has 0 radical (unpaired) electrons. The van der Waals surface area contributed by atoms with E-state index in [1.807, 2.05) is 30.3 Å². The summed E-state index contributed by atoms with van der Waals surface area (Å²) < 4.78 is 5.40. The highest BCUT2D eigenvalue weighted by Gasteiger charge is 2.12. The Morgan fingerprint density at radius 3 is 2.67 bits per heavy atom. The van der Waals surface area contributed by atoms with Gasteiger partial charge in [-0.05, 0) is 54.0 Å². The van der Waals surface area contributed by atoms with E-state index in [-0.39, 0.29) is 0 Å². The van der Waals surface area contributed by atoms with Crippen LogP contribution in [0.25, 0.3) is 11.6 Å². The molecule has 122 valence electrons. The number of morpholine rings is 1. The Morgan fingerprint density at radius 2 is 2.00 bits per heavy atom. The lowest BCUT2D eigenvalue weighted by Gasteiger charge is -2.29. The number of benzene rings is 2. The Bertz CT molecular complexity index is 802.